The van der Waals surface area contributed by atoms with Crippen molar-refractivity contribution < 1.29 is 4.79 Å². The van der Waals surface area contributed by atoms with Crippen LogP contribution in [0.4, 0.5) is 0 Å². The van der Waals surface area contributed by atoms with Crippen molar-refractivity contribution in [3.05, 3.63) is 48.0 Å². The number of fused-ring (bicyclic) bond motifs is 1. The maximum absolute atomic E-state index is 11.8. The number of hydrogen-bond acceptors (Lipinski definition) is 2. The third kappa shape index (κ3) is 4.07. The summed E-state index contributed by atoms with van der Waals surface area (Å²) in [5.74, 6) is 0.0770. The highest BCUT2D eigenvalue weighted by Gasteiger charge is 2.03. The highest BCUT2D eigenvalue weighted by molar-refractivity contribution is 5.85. The van der Waals surface area contributed by atoms with E-state index in [4.69, 9.17) is 0 Å². The molecule has 0 saturated carbocycles. The molecule has 2 N–H and O–H groups in total. The first-order chi connectivity index (χ1) is 9.29. The molecule has 0 aliphatic heterocycles. The van der Waals surface area contributed by atoms with Gasteiger partial charge in [0.05, 0.1) is 6.42 Å². The molecule has 100 valence electrons. The maximum atomic E-state index is 11.8. The average molecular weight is 256 g/mol. The first kappa shape index (κ1) is 13.6. The highest BCUT2D eigenvalue weighted by Crippen LogP contribution is 2.15. The topological polar surface area (TPSA) is 41.1 Å². The molecule has 2 aromatic carbocycles. The van der Waals surface area contributed by atoms with Crippen LogP contribution in [0.5, 0.6) is 0 Å². The Morgan fingerprint density at radius 2 is 1.84 bits per heavy atom. The van der Waals surface area contributed by atoms with Gasteiger partial charge in [-0.1, -0.05) is 49.4 Å². The van der Waals surface area contributed by atoms with Gasteiger partial charge in [0, 0.05) is 13.1 Å². The lowest BCUT2D eigenvalue weighted by Gasteiger charge is -2.06. The summed E-state index contributed by atoms with van der Waals surface area (Å²) in [5.41, 5.74) is 1.06. The van der Waals surface area contributed by atoms with Gasteiger partial charge in [0.2, 0.25) is 5.91 Å². The van der Waals surface area contributed by atoms with E-state index in [1.807, 2.05) is 18.2 Å². The van der Waals surface area contributed by atoms with Gasteiger partial charge < -0.3 is 10.6 Å². The number of carbonyl (C=O) groups is 1. The number of rotatable bonds is 6. The minimum atomic E-state index is 0.0770. The lowest BCUT2D eigenvalue weighted by molar-refractivity contribution is -0.120. The predicted octanol–water partition coefficient (Wildman–Crippen LogP) is 2.11. The SMILES string of the molecule is CCNCCNC(=O)Cc1ccc2ccccc2c1. The monoisotopic (exact) mass is 256 g/mol. The van der Waals surface area contributed by atoms with Crippen molar-refractivity contribution in [1.82, 2.24) is 10.6 Å². The fraction of sp³-hybridized carbons (Fsp3) is 0.312. The van der Waals surface area contributed by atoms with Gasteiger partial charge in [0.15, 0.2) is 0 Å². The van der Waals surface area contributed by atoms with E-state index in [1.54, 1.807) is 0 Å². The molecule has 0 spiro atoms. The number of amides is 1. The van der Waals surface area contributed by atoms with E-state index in [2.05, 4.69) is 41.8 Å². The van der Waals surface area contributed by atoms with Crippen molar-refractivity contribution in [2.24, 2.45) is 0 Å². The summed E-state index contributed by atoms with van der Waals surface area (Å²) in [4.78, 5) is 11.8. The van der Waals surface area contributed by atoms with E-state index < -0.39 is 0 Å². The van der Waals surface area contributed by atoms with Crippen LogP contribution in [0.1, 0.15) is 12.5 Å². The Morgan fingerprint density at radius 3 is 2.63 bits per heavy atom. The van der Waals surface area contributed by atoms with Crippen LogP contribution in [0.2, 0.25) is 0 Å². The van der Waals surface area contributed by atoms with Gasteiger partial charge in [0.1, 0.15) is 0 Å². The fourth-order valence-corrected chi connectivity index (χ4v) is 2.06. The second-order valence-electron chi connectivity index (χ2n) is 4.56. The normalized spacial score (nSPS) is 10.6. The largest absolute Gasteiger partial charge is 0.355 e. The molecule has 0 saturated heterocycles. The van der Waals surface area contributed by atoms with Gasteiger partial charge in [-0.05, 0) is 22.9 Å². The number of benzene rings is 2. The molecular weight excluding hydrogens is 236 g/mol. The Kier molecular flexibility index (Phi) is 4.93. The Balaban J connectivity index is 1.91. The van der Waals surface area contributed by atoms with Gasteiger partial charge in [-0.2, -0.15) is 0 Å². The van der Waals surface area contributed by atoms with E-state index in [0.717, 1.165) is 18.7 Å². The second-order valence-corrected chi connectivity index (χ2v) is 4.56. The molecule has 2 rings (SSSR count). The summed E-state index contributed by atoms with van der Waals surface area (Å²) in [6, 6.07) is 14.4. The van der Waals surface area contributed by atoms with Crippen molar-refractivity contribution in [3.63, 3.8) is 0 Å². The molecule has 0 atom stereocenters. The summed E-state index contributed by atoms with van der Waals surface area (Å²) in [6.07, 6.45) is 0.441. The number of likely N-dealkylation sites (N-methyl/N-ethyl adjacent to an activating group) is 1. The van der Waals surface area contributed by atoms with Crippen LogP contribution in [-0.4, -0.2) is 25.5 Å². The third-order valence-electron chi connectivity index (χ3n) is 3.05. The summed E-state index contributed by atoms with van der Waals surface area (Å²) < 4.78 is 0. The molecule has 0 aliphatic rings. The van der Waals surface area contributed by atoms with Gasteiger partial charge >= 0.3 is 0 Å². The van der Waals surface area contributed by atoms with Crippen LogP contribution in [0.15, 0.2) is 42.5 Å². The zero-order valence-electron chi connectivity index (χ0n) is 11.3. The Morgan fingerprint density at radius 1 is 1.05 bits per heavy atom. The zero-order chi connectivity index (χ0) is 13.5. The van der Waals surface area contributed by atoms with E-state index in [1.165, 1.54) is 10.8 Å². The number of carbonyl (C=O) groups excluding carboxylic acids is 1. The first-order valence-electron chi connectivity index (χ1n) is 6.74. The fourth-order valence-electron chi connectivity index (χ4n) is 2.06. The van der Waals surface area contributed by atoms with Crippen LogP contribution in [0.3, 0.4) is 0 Å². The van der Waals surface area contributed by atoms with Crippen molar-refractivity contribution >= 4 is 16.7 Å². The second kappa shape index (κ2) is 6.90. The summed E-state index contributed by atoms with van der Waals surface area (Å²) in [5, 5.41) is 8.48. The van der Waals surface area contributed by atoms with Crippen LogP contribution in [-0.2, 0) is 11.2 Å². The molecule has 0 aliphatic carbocycles. The van der Waals surface area contributed by atoms with Gasteiger partial charge in [-0.3, -0.25) is 4.79 Å². The molecule has 0 fully saturated rings. The smallest absolute Gasteiger partial charge is 0.224 e. The Bertz CT molecular complexity index is 551. The van der Waals surface area contributed by atoms with Crippen molar-refractivity contribution in [2.45, 2.75) is 13.3 Å². The maximum Gasteiger partial charge on any atom is 0.224 e. The molecule has 19 heavy (non-hydrogen) atoms. The molecule has 0 bridgehead atoms. The quantitative estimate of drug-likeness (QED) is 0.777. The Hall–Kier alpha value is -1.87. The third-order valence-corrected chi connectivity index (χ3v) is 3.05. The molecule has 2 aromatic rings. The molecule has 1 amide bonds. The van der Waals surface area contributed by atoms with Crippen LogP contribution < -0.4 is 10.6 Å². The lowest BCUT2D eigenvalue weighted by atomic mass is 10.1. The van der Waals surface area contributed by atoms with Crippen LogP contribution in [0.25, 0.3) is 10.8 Å². The molecule has 3 nitrogen and oxygen atoms in total. The molecular formula is C16H20N2O. The Labute approximate surface area is 114 Å². The van der Waals surface area contributed by atoms with E-state index >= 15 is 0 Å². The molecule has 0 aromatic heterocycles. The molecule has 0 radical (unpaired) electrons. The van der Waals surface area contributed by atoms with Gasteiger partial charge in [-0.25, -0.2) is 0 Å². The highest BCUT2D eigenvalue weighted by atomic mass is 16.1. The summed E-state index contributed by atoms with van der Waals surface area (Å²) in [7, 11) is 0. The molecule has 0 unspecified atom stereocenters. The summed E-state index contributed by atoms with van der Waals surface area (Å²) >= 11 is 0. The van der Waals surface area contributed by atoms with Gasteiger partial charge in [0.25, 0.3) is 0 Å². The van der Waals surface area contributed by atoms with Crippen molar-refractivity contribution in [3.8, 4) is 0 Å². The van der Waals surface area contributed by atoms with Crippen LogP contribution >= 0.6 is 0 Å². The van der Waals surface area contributed by atoms with E-state index in [0.29, 0.717) is 13.0 Å². The van der Waals surface area contributed by atoms with E-state index in [-0.39, 0.29) is 5.91 Å². The van der Waals surface area contributed by atoms with Gasteiger partial charge in [-0.15, -0.1) is 0 Å². The minimum absolute atomic E-state index is 0.0770. The zero-order valence-corrected chi connectivity index (χ0v) is 11.3. The van der Waals surface area contributed by atoms with Crippen molar-refractivity contribution in [2.75, 3.05) is 19.6 Å². The van der Waals surface area contributed by atoms with Crippen molar-refractivity contribution in [1.29, 1.82) is 0 Å². The number of hydrogen-bond donors (Lipinski definition) is 2. The molecule has 0 heterocycles. The van der Waals surface area contributed by atoms with Crippen LogP contribution in [0, 0.1) is 0 Å². The predicted molar refractivity (Wildman–Crippen MR) is 79.2 cm³/mol. The lowest BCUT2D eigenvalue weighted by Crippen LogP contribution is -2.32. The van der Waals surface area contributed by atoms with E-state index in [9.17, 15) is 4.79 Å². The standard InChI is InChI=1S/C16H20N2O/c1-2-17-9-10-18-16(19)12-13-7-8-14-5-3-4-6-15(14)11-13/h3-8,11,17H,2,9-10,12H2,1H3,(H,18,19). The summed E-state index contributed by atoms with van der Waals surface area (Å²) in [6.45, 7) is 4.48. The minimum Gasteiger partial charge on any atom is -0.355 e. The first-order valence-corrected chi connectivity index (χ1v) is 6.74. The average Bonchev–Trinajstić information content (AvgIpc) is 2.43. The molecule has 3 heteroatoms. The number of nitrogens with one attached hydrogen (secondary N) is 2.